The zero-order valence-corrected chi connectivity index (χ0v) is 6.78. The number of hydrogen-bond donors (Lipinski definition) is 1. The van der Waals surface area contributed by atoms with Crippen molar-refractivity contribution in [1.29, 1.82) is 0 Å². The second kappa shape index (κ2) is 2.48. The summed E-state index contributed by atoms with van der Waals surface area (Å²) in [5.74, 6) is 0.246. The Labute approximate surface area is 70.5 Å². The Hall–Kier alpha value is -1.57. The van der Waals surface area contributed by atoms with Crippen molar-refractivity contribution < 1.29 is 5.11 Å². The summed E-state index contributed by atoms with van der Waals surface area (Å²) in [6.07, 6.45) is 3.23. The second-order valence-electron chi connectivity index (χ2n) is 2.83. The number of hydrogen-bond acceptors (Lipinski definition) is 2. The van der Waals surface area contributed by atoms with Crippen molar-refractivity contribution in [3.63, 3.8) is 0 Å². The zero-order valence-electron chi connectivity index (χ0n) is 6.78. The van der Waals surface area contributed by atoms with Crippen LogP contribution in [0.4, 0.5) is 0 Å². The molecule has 0 fully saturated rings. The van der Waals surface area contributed by atoms with Crippen LogP contribution in [0.3, 0.4) is 0 Å². The monoisotopic (exact) mass is 159 g/mol. The Bertz CT molecular complexity index is 382. The first-order valence-electron chi connectivity index (χ1n) is 3.81. The van der Waals surface area contributed by atoms with Crippen LogP contribution in [0.15, 0.2) is 30.6 Å². The lowest BCUT2D eigenvalue weighted by Gasteiger charge is -2.01. The number of fused-ring (bicyclic) bond motifs is 1. The molecular formula is C10H9NO. The lowest BCUT2D eigenvalue weighted by atomic mass is 10.1. The molecule has 12 heavy (non-hydrogen) atoms. The van der Waals surface area contributed by atoms with E-state index in [2.05, 4.69) is 4.98 Å². The van der Waals surface area contributed by atoms with E-state index in [1.807, 2.05) is 25.1 Å². The van der Waals surface area contributed by atoms with Gasteiger partial charge in [0.2, 0.25) is 0 Å². The van der Waals surface area contributed by atoms with Crippen LogP contribution >= 0.6 is 0 Å². The molecule has 0 atom stereocenters. The summed E-state index contributed by atoms with van der Waals surface area (Å²) in [7, 11) is 0. The normalized spacial score (nSPS) is 10.4. The average Bonchev–Trinajstić information content (AvgIpc) is 2.07. The number of aromatic nitrogens is 1. The summed E-state index contributed by atoms with van der Waals surface area (Å²) >= 11 is 0. The smallest absolute Gasteiger partial charge is 0.141 e. The molecule has 0 amide bonds. The Balaban J connectivity index is 2.94. The summed E-state index contributed by atoms with van der Waals surface area (Å²) in [5.41, 5.74) is 1.14. The maximum absolute atomic E-state index is 9.43. The minimum atomic E-state index is 0.246. The van der Waals surface area contributed by atoms with Crippen molar-refractivity contribution in [2.75, 3.05) is 0 Å². The van der Waals surface area contributed by atoms with Gasteiger partial charge in [-0.05, 0) is 12.5 Å². The summed E-state index contributed by atoms with van der Waals surface area (Å²) in [6, 6.07) is 5.82. The first-order chi connectivity index (χ1) is 5.79. The van der Waals surface area contributed by atoms with Crippen molar-refractivity contribution in [1.82, 2.24) is 4.98 Å². The summed E-state index contributed by atoms with van der Waals surface area (Å²) in [5, 5.41) is 11.3. The molecule has 0 aliphatic carbocycles. The van der Waals surface area contributed by atoms with E-state index in [9.17, 15) is 5.11 Å². The quantitative estimate of drug-likeness (QED) is 0.639. The van der Waals surface area contributed by atoms with E-state index < -0.39 is 0 Å². The van der Waals surface area contributed by atoms with Crippen LogP contribution in [0.2, 0.25) is 0 Å². The molecule has 0 saturated carbocycles. The lowest BCUT2D eigenvalue weighted by Crippen LogP contribution is -1.80. The summed E-state index contributed by atoms with van der Waals surface area (Å²) < 4.78 is 0. The molecule has 1 heterocycles. The third-order valence-corrected chi connectivity index (χ3v) is 2.00. The number of pyridine rings is 1. The molecule has 0 aliphatic heterocycles. The number of nitrogens with zero attached hydrogens (tertiary/aromatic N) is 1. The van der Waals surface area contributed by atoms with Gasteiger partial charge in [0.25, 0.3) is 0 Å². The molecule has 60 valence electrons. The van der Waals surface area contributed by atoms with Gasteiger partial charge in [-0.15, -0.1) is 0 Å². The van der Waals surface area contributed by atoms with Gasteiger partial charge in [-0.2, -0.15) is 0 Å². The molecule has 2 heteroatoms. The minimum Gasteiger partial charge on any atom is -0.506 e. The summed E-state index contributed by atoms with van der Waals surface area (Å²) in [6.45, 7) is 2.00. The molecule has 0 spiro atoms. The topological polar surface area (TPSA) is 33.1 Å². The largest absolute Gasteiger partial charge is 0.506 e. The van der Waals surface area contributed by atoms with Gasteiger partial charge in [0.1, 0.15) is 5.75 Å². The average molecular weight is 159 g/mol. The Morgan fingerprint density at radius 1 is 1.17 bits per heavy atom. The molecular weight excluding hydrogens is 150 g/mol. The van der Waals surface area contributed by atoms with E-state index in [0.29, 0.717) is 0 Å². The van der Waals surface area contributed by atoms with E-state index in [1.165, 1.54) is 6.20 Å². The maximum atomic E-state index is 9.43. The lowest BCUT2D eigenvalue weighted by molar-refractivity contribution is 0.479. The van der Waals surface area contributed by atoms with Crippen molar-refractivity contribution in [3.8, 4) is 5.75 Å². The molecule has 0 unspecified atom stereocenters. The van der Waals surface area contributed by atoms with Gasteiger partial charge in [0.15, 0.2) is 0 Å². The minimum absolute atomic E-state index is 0.246. The Morgan fingerprint density at radius 2 is 2.00 bits per heavy atom. The standard InChI is InChI=1S/C10H9NO/c1-7-3-2-4-8-9(7)5-11-6-10(8)12/h2-6,12H,1H3. The van der Waals surface area contributed by atoms with Crippen molar-refractivity contribution in [2.45, 2.75) is 6.92 Å². The molecule has 2 rings (SSSR count). The highest BCUT2D eigenvalue weighted by molar-refractivity contribution is 5.89. The van der Waals surface area contributed by atoms with Gasteiger partial charge >= 0.3 is 0 Å². The number of aromatic hydroxyl groups is 1. The SMILES string of the molecule is Cc1cccc2c(O)cncc12. The molecule has 1 aromatic heterocycles. The predicted octanol–water partition coefficient (Wildman–Crippen LogP) is 2.25. The fourth-order valence-corrected chi connectivity index (χ4v) is 1.33. The van der Waals surface area contributed by atoms with Gasteiger partial charge in [-0.1, -0.05) is 18.2 Å². The molecule has 0 bridgehead atoms. The summed E-state index contributed by atoms with van der Waals surface area (Å²) in [4.78, 5) is 3.92. The Morgan fingerprint density at radius 3 is 2.75 bits per heavy atom. The molecule has 2 aromatic rings. The van der Waals surface area contributed by atoms with Crippen LogP contribution in [-0.4, -0.2) is 10.1 Å². The van der Waals surface area contributed by atoms with Gasteiger partial charge in [-0.25, -0.2) is 0 Å². The first-order valence-corrected chi connectivity index (χ1v) is 3.81. The van der Waals surface area contributed by atoms with Crippen LogP contribution in [0.5, 0.6) is 5.75 Å². The fraction of sp³-hybridized carbons (Fsp3) is 0.100. The van der Waals surface area contributed by atoms with E-state index in [4.69, 9.17) is 0 Å². The highest BCUT2D eigenvalue weighted by atomic mass is 16.3. The van der Waals surface area contributed by atoms with Gasteiger partial charge in [0, 0.05) is 17.0 Å². The molecule has 0 aliphatic rings. The molecule has 0 saturated heterocycles. The second-order valence-corrected chi connectivity index (χ2v) is 2.83. The Kier molecular flexibility index (Phi) is 1.47. The number of aryl methyl sites for hydroxylation is 1. The van der Waals surface area contributed by atoms with E-state index in [1.54, 1.807) is 6.20 Å². The highest BCUT2D eigenvalue weighted by Crippen LogP contribution is 2.24. The van der Waals surface area contributed by atoms with Gasteiger partial charge in [0.05, 0.1) is 6.20 Å². The third kappa shape index (κ3) is 0.925. The van der Waals surface area contributed by atoms with Crippen molar-refractivity contribution in [2.24, 2.45) is 0 Å². The van der Waals surface area contributed by atoms with Crippen LogP contribution in [0, 0.1) is 6.92 Å². The molecule has 0 radical (unpaired) electrons. The maximum Gasteiger partial charge on any atom is 0.141 e. The third-order valence-electron chi connectivity index (χ3n) is 2.00. The fourth-order valence-electron chi connectivity index (χ4n) is 1.33. The van der Waals surface area contributed by atoms with E-state index >= 15 is 0 Å². The molecule has 1 N–H and O–H groups in total. The van der Waals surface area contributed by atoms with Crippen LogP contribution < -0.4 is 0 Å². The van der Waals surface area contributed by atoms with Crippen LogP contribution in [0.1, 0.15) is 5.56 Å². The van der Waals surface area contributed by atoms with Gasteiger partial charge < -0.3 is 5.11 Å². The number of benzene rings is 1. The van der Waals surface area contributed by atoms with E-state index in [-0.39, 0.29) is 5.75 Å². The number of rotatable bonds is 0. The van der Waals surface area contributed by atoms with Gasteiger partial charge in [-0.3, -0.25) is 4.98 Å². The predicted molar refractivity (Wildman–Crippen MR) is 48.1 cm³/mol. The van der Waals surface area contributed by atoms with E-state index in [0.717, 1.165) is 16.3 Å². The van der Waals surface area contributed by atoms with Crippen LogP contribution in [0.25, 0.3) is 10.8 Å². The highest BCUT2D eigenvalue weighted by Gasteiger charge is 1.99. The van der Waals surface area contributed by atoms with Crippen molar-refractivity contribution in [3.05, 3.63) is 36.2 Å². The zero-order chi connectivity index (χ0) is 8.55. The first kappa shape index (κ1) is 7.10. The molecule has 1 aromatic carbocycles. The molecule has 2 nitrogen and oxygen atoms in total. The van der Waals surface area contributed by atoms with Crippen LogP contribution in [-0.2, 0) is 0 Å². The van der Waals surface area contributed by atoms with Crippen molar-refractivity contribution >= 4 is 10.8 Å².